The van der Waals surface area contributed by atoms with Crippen molar-refractivity contribution >= 4 is 23.3 Å². The highest BCUT2D eigenvalue weighted by Crippen LogP contribution is 2.26. The zero-order valence-corrected chi connectivity index (χ0v) is 15.1. The number of aromatic nitrogens is 3. The first-order valence-electron chi connectivity index (χ1n) is 7.31. The third-order valence-corrected chi connectivity index (χ3v) is 4.26. The third-order valence-electron chi connectivity index (χ3n) is 3.44. The van der Waals surface area contributed by atoms with Crippen LogP contribution in [0.3, 0.4) is 0 Å². The molecule has 124 valence electrons. The largest absolute Gasteiger partial charge is 0.415 e. The highest BCUT2D eigenvalue weighted by Gasteiger charge is 2.23. The lowest BCUT2D eigenvalue weighted by Crippen LogP contribution is -2.11. The summed E-state index contributed by atoms with van der Waals surface area (Å²) >= 11 is 1.20. The van der Waals surface area contributed by atoms with E-state index in [1.807, 2.05) is 20.8 Å². The van der Waals surface area contributed by atoms with E-state index in [2.05, 4.69) is 15.2 Å². The number of aryl methyl sites for hydroxylation is 1. The second-order valence-corrected chi connectivity index (χ2v) is 7.44. The topological polar surface area (TPSA) is 88.9 Å². The molecule has 23 heavy (non-hydrogen) atoms. The van der Waals surface area contributed by atoms with Crippen LogP contribution in [-0.4, -0.2) is 32.5 Å². The van der Waals surface area contributed by atoms with E-state index in [9.17, 15) is 9.59 Å². The van der Waals surface area contributed by atoms with Crippen molar-refractivity contribution in [2.45, 2.75) is 52.2 Å². The number of H-pyrrole nitrogens is 1. The first-order valence-corrected chi connectivity index (χ1v) is 8.30. The molecule has 2 aromatic rings. The molecule has 2 aromatic heterocycles. The van der Waals surface area contributed by atoms with Crippen LogP contribution in [0.25, 0.3) is 0 Å². The number of thioether (sulfide) groups is 1. The molecule has 2 heterocycles. The van der Waals surface area contributed by atoms with Crippen molar-refractivity contribution < 1.29 is 14.0 Å². The minimum atomic E-state index is -0.223. The summed E-state index contributed by atoms with van der Waals surface area (Å²) in [6.45, 7) is 11.0. The summed E-state index contributed by atoms with van der Waals surface area (Å²) in [4.78, 5) is 27.0. The highest BCUT2D eigenvalue weighted by molar-refractivity contribution is 7.99. The maximum Gasteiger partial charge on any atom is 0.277 e. The van der Waals surface area contributed by atoms with E-state index in [0.29, 0.717) is 27.9 Å². The molecule has 0 aliphatic heterocycles. The van der Waals surface area contributed by atoms with E-state index >= 15 is 0 Å². The fraction of sp³-hybridized carbons (Fsp3) is 0.500. The minimum absolute atomic E-state index is 0.0466. The van der Waals surface area contributed by atoms with Gasteiger partial charge in [-0.1, -0.05) is 32.5 Å². The number of carbonyl (C=O) groups excluding carboxylic acids is 2. The van der Waals surface area contributed by atoms with E-state index in [-0.39, 0.29) is 22.7 Å². The van der Waals surface area contributed by atoms with E-state index in [1.165, 1.54) is 18.7 Å². The predicted octanol–water partition coefficient (Wildman–Crippen LogP) is 3.49. The number of Topliss-reactive ketones (excluding diaryl/α,β-unsaturated/α-hetero) is 2. The standard InChI is InChI=1S/C16H21N3O3S/c1-8-12(10(3)20)9(2)17-13(8)11(21)7-23-15-19-18-14(22-15)16(4,5)6/h17H,7H2,1-6H3. The van der Waals surface area contributed by atoms with Crippen molar-refractivity contribution in [2.24, 2.45) is 0 Å². The van der Waals surface area contributed by atoms with Crippen LogP contribution >= 0.6 is 11.8 Å². The van der Waals surface area contributed by atoms with Crippen LogP contribution in [0.2, 0.25) is 0 Å². The molecule has 1 N–H and O–H groups in total. The van der Waals surface area contributed by atoms with Crippen molar-refractivity contribution in [3.05, 3.63) is 28.4 Å². The van der Waals surface area contributed by atoms with Gasteiger partial charge in [-0.15, -0.1) is 10.2 Å². The molecule has 7 heteroatoms. The van der Waals surface area contributed by atoms with Crippen LogP contribution in [0.15, 0.2) is 9.64 Å². The lowest BCUT2D eigenvalue weighted by atomic mass is 9.97. The zero-order valence-electron chi connectivity index (χ0n) is 14.2. The second kappa shape index (κ2) is 6.31. The second-order valence-electron chi connectivity index (χ2n) is 6.52. The summed E-state index contributed by atoms with van der Waals surface area (Å²) in [5.74, 6) is 0.565. The van der Waals surface area contributed by atoms with Gasteiger partial charge in [-0.3, -0.25) is 9.59 Å². The molecule has 0 atom stereocenters. The van der Waals surface area contributed by atoms with Gasteiger partial charge < -0.3 is 9.40 Å². The molecule has 0 aromatic carbocycles. The first kappa shape index (κ1) is 17.5. The Labute approximate surface area is 139 Å². The van der Waals surface area contributed by atoms with Gasteiger partial charge in [0.15, 0.2) is 11.6 Å². The molecular formula is C16H21N3O3S. The van der Waals surface area contributed by atoms with Gasteiger partial charge in [0, 0.05) is 16.7 Å². The smallest absolute Gasteiger partial charge is 0.277 e. The molecule has 0 radical (unpaired) electrons. The van der Waals surface area contributed by atoms with Crippen molar-refractivity contribution in [1.82, 2.24) is 15.2 Å². The van der Waals surface area contributed by atoms with E-state index in [4.69, 9.17) is 4.42 Å². The van der Waals surface area contributed by atoms with Gasteiger partial charge in [-0.25, -0.2) is 0 Å². The van der Waals surface area contributed by atoms with Crippen molar-refractivity contribution in [3.8, 4) is 0 Å². The average Bonchev–Trinajstić information content (AvgIpc) is 3.00. The summed E-state index contributed by atoms with van der Waals surface area (Å²) in [5, 5.41) is 8.32. The zero-order chi connectivity index (χ0) is 17.4. The minimum Gasteiger partial charge on any atom is -0.415 e. The third kappa shape index (κ3) is 3.72. The normalized spacial score (nSPS) is 11.7. The molecular weight excluding hydrogens is 314 g/mol. The van der Waals surface area contributed by atoms with Crippen LogP contribution in [-0.2, 0) is 5.41 Å². The number of rotatable bonds is 5. The molecule has 2 rings (SSSR count). The molecule has 0 saturated heterocycles. The van der Waals surface area contributed by atoms with E-state index < -0.39 is 0 Å². The molecule has 0 fully saturated rings. The molecule has 0 unspecified atom stereocenters. The van der Waals surface area contributed by atoms with Crippen LogP contribution in [0.5, 0.6) is 0 Å². The number of aromatic amines is 1. The van der Waals surface area contributed by atoms with E-state index in [0.717, 1.165) is 5.69 Å². The highest BCUT2D eigenvalue weighted by atomic mass is 32.2. The van der Waals surface area contributed by atoms with Gasteiger partial charge in [0.2, 0.25) is 5.89 Å². The number of ketones is 2. The quantitative estimate of drug-likeness (QED) is 0.664. The summed E-state index contributed by atoms with van der Waals surface area (Å²) in [6, 6.07) is 0. The van der Waals surface area contributed by atoms with Crippen molar-refractivity contribution in [2.75, 3.05) is 5.75 Å². The molecule has 0 aliphatic rings. The van der Waals surface area contributed by atoms with Crippen LogP contribution < -0.4 is 0 Å². The predicted molar refractivity (Wildman–Crippen MR) is 88.3 cm³/mol. The van der Waals surface area contributed by atoms with Gasteiger partial charge in [0.1, 0.15) is 0 Å². The summed E-state index contributed by atoms with van der Waals surface area (Å²) < 4.78 is 5.56. The van der Waals surface area contributed by atoms with Gasteiger partial charge in [-0.05, 0) is 26.3 Å². The van der Waals surface area contributed by atoms with Crippen molar-refractivity contribution in [3.63, 3.8) is 0 Å². The van der Waals surface area contributed by atoms with Gasteiger partial charge in [-0.2, -0.15) is 0 Å². The van der Waals surface area contributed by atoms with E-state index in [1.54, 1.807) is 13.8 Å². The van der Waals surface area contributed by atoms with Crippen molar-refractivity contribution in [1.29, 1.82) is 0 Å². The number of hydrogen-bond donors (Lipinski definition) is 1. The van der Waals surface area contributed by atoms with Crippen LogP contribution in [0.4, 0.5) is 0 Å². The molecule has 0 spiro atoms. The first-order chi connectivity index (χ1) is 10.6. The van der Waals surface area contributed by atoms with Gasteiger partial charge in [0.25, 0.3) is 5.22 Å². The van der Waals surface area contributed by atoms with Crippen LogP contribution in [0.1, 0.15) is 65.7 Å². The Morgan fingerprint density at radius 1 is 1.22 bits per heavy atom. The Kier molecular flexibility index (Phi) is 4.79. The number of carbonyl (C=O) groups is 2. The fourth-order valence-electron chi connectivity index (χ4n) is 2.33. The maximum absolute atomic E-state index is 12.4. The summed E-state index contributed by atoms with van der Waals surface area (Å²) in [7, 11) is 0. The molecule has 0 saturated carbocycles. The lowest BCUT2D eigenvalue weighted by Gasteiger charge is -2.10. The molecule has 0 aliphatic carbocycles. The lowest BCUT2D eigenvalue weighted by molar-refractivity contribution is 0.101. The summed E-state index contributed by atoms with van der Waals surface area (Å²) in [5.41, 5.74) is 2.25. The SMILES string of the molecule is CC(=O)c1c(C)[nH]c(C(=O)CSc2nnc(C(C)(C)C)o2)c1C. The Balaban J connectivity index is 2.10. The molecule has 6 nitrogen and oxygen atoms in total. The number of nitrogens with one attached hydrogen (secondary N) is 1. The average molecular weight is 335 g/mol. The fourth-order valence-corrected chi connectivity index (χ4v) is 2.96. The Morgan fingerprint density at radius 2 is 1.87 bits per heavy atom. The monoisotopic (exact) mass is 335 g/mol. The molecule has 0 bridgehead atoms. The Morgan fingerprint density at radius 3 is 2.35 bits per heavy atom. The number of nitrogens with zero attached hydrogens (tertiary/aromatic N) is 2. The van der Waals surface area contributed by atoms with Gasteiger partial charge in [0.05, 0.1) is 11.4 Å². The summed E-state index contributed by atoms with van der Waals surface area (Å²) in [6.07, 6.45) is 0. The van der Waals surface area contributed by atoms with Gasteiger partial charge >= 0.3 is 0 Å². The Hall–Kier alpha value is -1.89. The maximum atomic E-state index is 12.4. The Bertz CT molecular complexity index is 753. The molecule has 0 amide bonds. The van der Waals surface area contributed by atoms with Crippen LogP contribution in [0, 0.1) is 13.8 Å². The number of hydrogen-bond acceptors (Lipinski definition) is 6.